The van der Waals surface area contributed by atoms with Crippen LogP contribution in [0.15, 0.2) is 23.5 Å². The highest BCUT2D eigenvalue weighted by Gasteiger charge is 2.02. The third-order valence-corrected chi connectivity index (χ3v) is 2.95. The molecule has 0 saturated heterocycles. The van der Waals surface area contributed by atoms with Crippen molar-refractivity contribution in [2.45, 2.75) is 24.4 Å². The van der Waals surface area contributed by atoms with E-state index in [1.807, 2.05) is 19.1 Å². The predicted octanol–water partition coefficient (Wildman–Crippen LogP) is 1.26. The first kappa shape index (κ1) is 11.1. The van der Waals surface area contributed by atoms with E-state index in [9.17, 15) is 0 Å². The average molecular weight is 235 g/mol. The van der Waals surface area contributed by atoms with Crippen LogP contribution >= 0.6 is 11.8 Å². The molecule has 0 aliphatic heterocycles. The fourth-order valence-corrected chi connectivity index (χ4v) is 2.05. The van der Waals surface area contributed by atoms with Gasteiger partial charge in [0.05, 0.1) is 5.69 Å². The van der Waals surface area contributed by atoms with Crippen molar-refractivity contribution in [2.75, 3.05) is 0 Å². The molecule has 0 fully saturated rings. The maximum atomic E-state index is 5.53. The Bertz CT molecular complexity index is 468. The molecule has 0 aliphatic carbocycles. The van der Waals surface area contributed by atoms with Crippen molar-refractivity contribution in [3.8, 4) is 0 Å². The van der Waals surface area contributed by atoms with E-state index in [1.54, 1.807) is 18.0 Å². The zero-order valence-electron chi connectivity index (χ0n) is 8.97. The Labute approximate surface area is 97.9 Å². The van der Waals surface area contributed by atoms with E-state index in [4.69, 9.17) is 5.73 Å². The molecule has 0 bridgehead atoms. The Balaban J connectivity index is 1.99. The molecular formula is C10H13N5S. The van der Waals surface area contributed by atoms with E-state index in [0.717, 1.165) is 22.4 Å². The monoisotopic (exact) mass is 235 g/mol. The number of nitrogens with one attached hydrogen (secondary N) is 1. The van der Waals surface area contributed by atoms with Crippen LogP contribution in [0.1, 0.15) is 17.1 Å². The molecule has 2 rings (SSSR count). The van der Waals surface area contributed by atoms with Gasteiger partial charge in [0.15, 0.2) is 0 Å². The molecule has 0 saturated carbocycles. The van der Waals surface area contributed by atoms with Crippen LogP contribution in [0.25, 0.3) is 0 Å². The van der Waals surface area contributed by atoms with E-state index in [1.165, 1.54) is 5.56 Å². The Morgan fingerprint density at radius 2 is 2.38 bits per heavy atom. The molecule has 84 valence electrons. The maximum absolute atomic E-state index is 5.53. The summed E-state index contributed by atoms with van der Waals surface area (Å²) in [6, 6.07) is 3.98. The van der Waals surface area contributed by atoms with Gasteiger partial charge >= 0.3 is 0 Å². The van der Waals surface area contributed by atoms with Crippen LogP contribution in [-0.4, -0.2) is 20.2 Å². The first-order valence-electron chi connectivity index (χ1n) is 4.93. The Morgan fingerprint density at radius 1 is 1.50 bits per heavy atom. The van der Waals surface area contributed by atoms with Crippen molar-refractivity contribution in [2.24, 2.45) is 5.73 Å². The van der Waals surface area contributed by atoms with Crippen molar-refractivity contribution in [3.05, 3.63) is 35.4 Å². The van der Waals surface area contributed by atoms with E-state index < -0.39 is 0 Å². The first-order chi connectivity index (χ1) is 7.78. The van der Waals surface area contributed by atoms with Crippen molar-refractivity contribution in [1.82, 2.24) is 20.2 Å². The summed E-state index contributed by atoms with van der Waals surface area (Å²) in [5.74, 6) is 1.66. The Morgan fingerprint density at radius 3 is 3.06 bits per heavy atom. The van der Waals surface area contributed by atoms with Crippen molar-refractivity contribution >= 4 is 11.8 Å². The number of aromatic amines is 1. The number of hydrogen-bond donors (Lipinski definition) is 2. The lowest BCUT2D eigenvalue weighted by molar-refractivity contribution is 0.966. The number of nitrogens with two attached hydrogens (primary N) is 1. The standard InChI is InChI=1S/C10H13N5S/c1-7-13-10(15-14-7)16-6-8-2-3-12-9(4-8)5-11/h2-4H,5-6,11H2,1H3,(H,13,14,15). The second kappa shape index (κ2) is 5.09. The Hall–Kier alpha value is -1.40. The first-order valence-corrected chi connectivity index (χ1v) is 5.92. The van der Waals surface area contributed by atoms with E-state index >= 15 is 0 Å². The van der Waals surface area contributed by atoms with E-state index in [-0.39, 0.29) is 0 Å². The van der Waals surface area contributed by atoms with Gasteiger partial charge in [-0.1, -0.05) is 11.8 Å². The smallest absolute Gasteiger partial charge is 0.208 e. The molecule has 5 nitrogen and oxygen atoms in total. The lowest BCUT2D eigenvalue weighted by atomic mass is 10.2. The van der Waals surface area contributed by atoms with Gasteiger partial charge in [0, 0.05) is 18.5 Å². The summed E-state index contributed by atoms with van der Waals surface area (Å²) >= 11 is 1.59. The fraction of sp³-hybridized carbons (Fsp3) is 0.300. The number of nitrogens with zero attached hydrogens (tertiary/aromatic N) is 3. The lowest BCUT2D eigenvalue weighted by Gasteiger charge is -2.00. The van der Waals surface area contributed by atoms with Crippen LogP contribution in [0.2, 0.25) is 0 Å². The van der Waals surface area contributed by atoms with Gasteiger partial charge < -0.3 is 5.73 Å². The Kier molecular flexibility index (Phi) is 3.53. The lowest BCUT2D eigenvalue weighted by Crippen LogP contribution is -1.99. The molecular weight excluding hydrogens is 222 g/mol. The van der Waals surface area contributed by atoms with Gasteiger partial charge in [-0.3, -0.25) is 10.1 Å². The highest BCUT2D eigenvalue weighted by Crippen LogP contribution is 2.18. The molecule has 0 unspecified atom stereocenters. The SMILES string of the molecule is Cc1nc(SCc2ccnc(CN)c2)n[nH]1. The number of thioether (sulfide) groups is 1. The molecule has 16 heavy (non-hydrogen) atoms. The molecule has 6 heteroatoms. The molecule has 0 radical (unpaired) electrons. The number of rotatable bonds is 4. The van der Waals surface area contributed by atoms with Crippen LogP contribution in [0.4, 0.5) is 0 Å². The minimum Gasteiger partial charge on any atom is -0.325 e. The topological polar surface area (TPSA) is 80.5 Å². The fourth-order valence-electron chi connectivity index (χ4n) is 1.26. The number of aryl methyl sites for hydroxylation is 1. The minimum absolute atomic E-state index is 0.471. The van der Waals surface area contributed by atoms with E-state index in [2.05, 4.69) is 20.2 Å². The number of H-pyrrole nitrogens is 1. The highest BCUT2D eigenvalue weighted by molar-refractivity contribution is 7.98. The zero-order valence-corrected chi connectivity index (χ0v) is 9.79. The summed E-state index contributed by atoms with van der Waals surface area (Å²) < 4.78 is 0. The second-order valence-corrected chi connectivity index (χ2v) is 4.29. The summed E-state index contributed by atoms with van der Waals surface area (Å²) in [4.78, 5) is 8.37. The summed E-state index contributed by atoms with van der Waals surface area (Å²) in [6.07, 6.45) is 1.78. The normalized spacial score (nSPS) is 10.6. The number of aromatic nitrogens is 4. The average Bonchev–Trinajstić information content (AvgIpc) is 2.73. The molecule has 2 aromatic rings. The maximum Gasteiger partial charge on any atom is 0.208 e. The van der Waals surface area contributed by atoms with Crippen LogP contribution in [0.5, 0.6) is 0 Å². The quantitative estimate of drug-likeness (QED) is 0.780. The molecule has 0 aromatic carbocycles. The molecule has 2 heterocycles. The van der Waals surface area contributed by atoms with Crippen molar-refractivity contribution < 1.29 is 0 Å². The summed E-state index contributed by atoms with van der Waals surface area (Å²) in [6.45, 7) is 2.36. The minimum atomic E-state index is 0.471. The van der Waals surface area contributed by atoms with Crippen molar-refractivity contribution in [1.29, 1.82) is 0 Å². The van der Waals surface area contributed by atoms with Gasteiger partial charge in [0.1, 0.15) is 5.82 Å². The summed E-state index contributed by atoms with van der Waals surface area (Å²) in [7, 11) is 0. The molecule has 0 aliphatic rings. The van der Waals surface area contributed by atoms with Gasteiger partial charge in [0.2, 0.25) is 5.16 Å². The zero-order chi connectivity index (χ0) is 11.4. The molecule has 0 amide bonds. The van der Waals surface area contributed by atoms with Gasteiger partial charge in [-0.05, 0) is 24.6 Å². The second-order valence-electron chi connectivity index (χ2n) is 3.35. The molecule has 3 N–H and O–H groups in total. The largest absolute Gasteiger partial charge is 0.325 e. The highest BCUT2D eigenvalue weighted by atomic mass is 32.2. The van der Waals surface area contributed by atoms with Gasteiger partial charge in [-0.15, -0.1) is 5.10 Å². The van der Waals surface area contributed by atoms with Gasteiger partial charge in [0.25, 0.3) is 0 Å². The van der Waals surface area contributed by atoms with Gasteiger partial charge in [-0.2, -0.15) is 0 Å². The van der Waals surface area contributed by atoms with Crippen LogP contribution < -0.4 is 5.73 Å². The molecule has 0 atom stereocenters. The van der Waals surface area contributed by atoms with Crippen LogP contribution in [-0.2, 0) is 12.3 Å². The van der Waals surface area contributed by atoms with Crippen LogP contribution in [0, 0.1) is 6.92 Å². The third-order valence-electron chi connectivity index (χ3n) is 2.03. The summed E-state index contributed by atoms with van der Waals surface area (Å²) in [5.41, 5.74) is 7.62. The van der Waals surface area contributed by atoms with E-state index in [0.29, 0.717) is 6.54 Å². The number of hydrogen-bond acceptors (Lipinski definition) is 5. The predicted molar refractivity (Wildman–Crippen MR) is 62.8 cm³/mol. The number of pyridine rings is 1. The van der Waals surface area contributed by atoms with Crippen molar-refractivity contribution in [3.63, 3.8) is 0 Å². The molecule has 0 spiro atoms. The van der Waals surface area contributed by atoms with Crippen LogP contribution in [0.3, 0.4) is 0 Å². The summed E-state index contributed by atoms with van der Waals surface area (Å²) in [5, 5.41) is 7.64. The van der Waals surface area contributed by atoms with Gasteiger partial charge in [-0.25, -0.2) is 4.98 Å². The third kappa shape index (κ3) is 2.80. The molecule has 2 aromatic heterocycles.